The predicted molar refractivity (Wildman–Crippen MR) is 94.4 cm³/mol. The maximum absolute atomic E-state index is 11.6. The highest BCUT2D eigenvalue weighted by atomic mass is 32.2. The van der Waals surface area contributed by atoms with E-state index >= 15 is 0 Å². The minimum atomic E-state index is -0.955. The van der Waals surface area contributed by atoms with E-state index in [9.17, 15) is 5.11 Å². The van der Waals surface area contributed by atoms with Crippen LogP contribution in [-0.4, -0.2) is 38.6 Å². The lowest BCUT2D eigenvalue weighted by molar-refractivity contribution is -0.532. The minimum Gasteiger partial charge on any atom is -0.346 e. The van der Waals surface area contributed by atoms with Crippen molar-refractivity contribution in [3.8, 4) is 0 Å². The number of benzene rings is 2. The van der Waals surface area contributed by atoms with Crippen LogP contribution >= 0.6 is 11.8 Å². The Morgan fingerprint density at radius 3 is 2.48 bits per heavy atom. The lowest BCUT2D eigenvalue weighted by Crippen LogP contribution is -2.45. The van der Waals surface area contributed by atoms with Gasteiger partial charge in [-0.05, 0) is 23.7 Å². The van der Waals surface area contributed by atoms with Gasteiger partial charge >= 0.3 is 5.17 Å². The van der Waals surface area contributed by atoms with Crippen molar-refractivity contribution < 1.29 is 9.68 Å². The lowest BCUT2D eigenvalue weighted by Gasteiger charge is -2.28. The molecule has 0 saturated carbocycles. The zero-order valence-electron chi connectivity index (χ0n) is 13.1. The second-order valence-corrected chi connectivity index (χ2v) is 7.22. The second-order valence-electron chi connectivity index (χ2n) is 6.16. The molecule has 2 aliphatic heterocycles. The Hall–Kier alpha value is -1.78. The summed E-state index contributed by atoms with van der Waals surface area (Å²) in [4.78, 5) is 2.18. The molecule has 2 aromatic rings. The number of hydrogen-bond donors (Lipinski definition) is 1. The third-order valence-electron chi connectivity index (χ3n) is 4.58. The molecule has 23 heavy (non-hydrogen) atoms. The summed E-state index contributed by atoms with van der Waals surface area (Å²) in [5, 5.41) is 12.8. The largest absolute Gasteiger partial charge is 0.346 e. The summed E-state index contributed by atoms with van der Waals surface area (Å²) >= 11 is 1.87. The molecule has 0 aliphatic carbocycles. The van der Waals surface area contributed by atoms with Crippen LogP contribution in [0.15, 0.2) is 60.7 Å². The fourth-order valence-electron chi connectivity index (χ4n) is 3.43. The molecule has 2 aliphatic rings. The van der Waals surface area contributed by atoms with Crippen molar-refractivity contribution in [3.63, 3.8) is 0 Å². The van der Waals surface area contributed by atoms with Crippen LogP contribution in [0.5, 0.6) is 0 Å². The van der Waals surface area contributed by atoms with Gasteiger partial charge in [-0.1, -0.05) is 60.7 Å². The van der Waals surface area contributed by atoms with Crippen LogP contribution < -0.4 is 0 Å². The fourth-order valence-corrected chi connectivity index (χ4v) is 4.59. The Kier molecular flexibility index (Phi) is 3.87. The Balaban J connectivity index is 1.74. The summed E-state index contributed by atoms with van der Waals surface area (Å²) in [6.45, 7) is 2.40. The summed E-state index contributed by atoms with van der Waals surface area (Å²) < 4.78 is 2.34. The van der Waals surface area contributed by atoms with Crippen LogP contribution in [0.25, 0.3) is 0 Å². The summed E-state index contributed by atoms with van der Waals surface area (Å²) in [6.07, 6.45) is 1.18. The molecule has 1 atom stereocenters. The van der Waals surface area contributed by atoms with Gasteiger partial charge in [-0.2, -0.15) is 0 Å². The van der Waals surface area contributed by atoms with Crippen LogP contribution in [0.4, 0.5) is 0 Å². The summed E-state index contributed by atoms with van der Waals surface area (Å²) in [5.74, 6) is 1.13. The van der Waals surface area contributed by atoms with E-state index in [-0.39, 0.29) is 0 Å². The maximum Gasteiger partial charge on any atom is 0.311 e. The molecule has 0 amide bonds. The van der Waals surface area contributed by atoms with E-state index < -0.39 is 5.72 Å². The third kappa shape index (κ3) is 2.66. The number of nitrogens with zero attached hydrogens (tertiary/aromatic N) is 2. The average molecular weight is 325 g/mol. The minimum absolute atomic E-state index is 0.645. The van der Waals surface area contributed by atoms with Crippen molar-refractivity contribution in [3.05, 3.63) is 71.8 Å². The van der Waals surface area contributed by atoms with E-state index in [0.29, 0.717) is 6.54 Å². The molecule has 118 valence electrons. The van der Waals surface area contributed by atoms with E-state index in [2.05, 4.69) is 33.7 Å². The van der Waals surface area contributed by atoms with Gasteiger partial charge in [0.1, 0.15) is 6.54 Å². The molecule has 2 aromatic carbocycles. The lowest BCUT2D eigenvalue weighted by atomic mass is 10.0. The van der Waals surface area contributed by atoms with Gasteiger partial charge < -0.3 is 5.11 Å². The van der Waals surface area contributed by atoms with Crippen LogP contribution in [0, 0.1) is 0 Å². The standard InChI is InChI=1S/C19H21N2OS/c22-19(17-10-5-2-6-11-17)15-20-12-7-13-23-18(20)21(19)14-16-8-3-1-4-9-16/h1-6,8-11,22H,7,12-15H2/q+1. The molecule has 0 radical (unpaired) electrons. The molecule has 0 saturated heterocycles. The zero-order chi connectivity index (χ0) is 15.7. The molecule has 3 nitrogen and oxygen atoms in total. The second kappa shape index (κ2) is 6.02. The molecule has 0 spiro atoms. The SMILES string of the molecule is OC1(c2ccccc2)C[N+]2=C(SCCC2)N1Cc1ccccc1. The van der Waals surface area contributed by atoms with Crippen molar-refractivity contribution in [1.82, 2.24) is 4.90 Å². The third-order valence-corrected chi connectivity index (χ3v) is 5.81. The molecule has 1 unspecified atom stereocenters. The molecule has 0 aromatic heterocycles. The van der Waals surface area contributed by atoms with Crippen LogP contribution in [0.1, 0.15) is 17.5 Å². The number of hydrogen-bond acceptors (Lipinski definition) is 3. The van der Waals surface area contributed by atoms with E-state index in [4.69, 9.17) is 0 Å². The van der Waals surface area contributed by atoms with Crippen molar-refractivity contribution >= 4 is 16.9 Å². The fraction of sp³-hybridized carbons (Fsp3) is 0.316. The number of rotatable bonds is 3. The first-order valence-electron chi connectivity index (χ1n) is 8.11. The first-order chi connectivity index (χ1) is 11.3. The monoisotopic (exact) mass is 325 g/mol. The predicted octanol–water partition coefficient (Wildman–Crippen LogP) is 2.85. The van der Waals surface area contributed by atoms with Crippen LogP contribution in [0.2, 0.25) is 0 Å². The number of thioether (sulfide) groups is 1. The Labute approximate surface area is 141 Å². The van der Waals surface area contributed by atoms with Crippen molar-refractivity contribution in [2.24, 2.45) is 0 Å². The first kappa shape index (κ1) is 14.8. The van der Waals surface area contributed by atoms with Gasteiger partial charge in [0.25, 0.3) is 5.72 Å². The van der Waals surface area contributed by atoms with Crippen LogP contribution in [-0.2, 0) is 12.3 Å². The van der Waals surface area contributed by atoms with Gasteiger partial charge in [-0.15, -0.1) is 0 Å². The average Bonchev–Trinajstić information content (AvgIpc) is 2.90. The molecule has 1 N–H and O–H groups in total. The molecule has 0 fully saturated rings. The number of amidine groups is 1. The van der Waals surface area contributed by atoms with E-state index in [1.165, 1.54) is 17.2 Å². The van der Waals surface area contributed by atoms with Gasteiger partial charge in [0.2, 0.25) is 0 Å². The summed E-state index contributed by atoms with van der Waals surface area (Å²) in [7, 11) is 0. The van der Waals surface area contributed by atoms with Gasteiger partial charge in [0.15, 0.2) is 6.54 Å². The Bertz CT molecular complexity index is 717. The van der Waals surface area contributed by atoms with E-state index in [1.807, 2.05) is 48.2 Å². The van der Waals surface area contributed by atoms with E-state index in [1.54, 1.807) is 0 Å². The molecular weight excluding hydrogens is 304 g/mol. The highest BCUT2D eigenvalue weighted by molar-refractivity contribution is 8.13. The van der Waals surface area contributed by atoms with Gasteiger partial charge in [0.05, 0.1) is 6.54 Å². The normalized spacial score (nSPS) is 24.0. The maximum atomic E-state index is 11.6. The molecule has 2 heterocycles. The van der Waals surface area contributed by atoms with Gasteiger partial charge in [0, 0.05) is 11.3 Å². The molecule has 4 heteroatoms. The Morgan fingerprint density at radius 1 is 1.04 bits per heavy atom. The highest BCUT2D eigenvalue weighted by Crippen LogP contribution is 2.37. The topological polar surface area (TPSA) is 26.5 Å². The molecule has 0 bridgehead atoms. The smallest absolute Gasteiger partial charge is 0.311 e. The molecular formula is C19H21N2OS+. The number of aliphatic hydroxyl groups is 1. The van der Waals surface area contributed by atoms with E-state index in [0.717, 1.165) is 24.4 Å². The quantitative estimate of drug-likeness (QED) is 0.879. The first-order valence-corrected chi connectivity index (χ1v) is 9.10. The summed E-state index contributed by atoms with van der Waals surface area (Å²) in [6, 6.07) is 20.5. The van der Waals surface area contributed by atoms with Crippen molar-refractivity contribution in [1.29, 1.82) is 0 Å². The zero-order valence-corrected chi connectivity index (χ0v) is 13.9. The Morgan fingerprint density at radius 2 is 1.74 bits per heavy atom. The van der Waals surface area contributed by atoms with Crippen molar-refractivity contribution in [2.45, 2.75) is 18.7 Å². The van der Waals surface area contributed by atoms with Gasteiger partial charge in [-0.25, -0.2) is 9.48 Å². The summed E-state index contributed by atoms with van der Waals surface area (Å²) in [5.41, 5.74) is 1.24. The van der Waals surface area contributed by atoms with Crippen LogP contribution in [0.3, 0.4) is 0 Å². The van der Waals surface area contributed by atoms with Crippen molar-refractivity contribution in [2.75, 3.05) is 18.8 Å². The highest BCUT2D eigenvalue weighted by Gasteiger charge is 2.53. The van der Waals surface area contributed by atoms with Gasteiger partial charge in [-0.3, -0.25) is 0 Å². The molecule has 4 rings (SSSR count).